The summed E-state index contributed by atoms with van der Waals surface area (Å²) in [5, 5.41) is 14.5. The number of amides is 2. The standard InChI is InChI=1S/C28H30N2O7/c1-35-27(33)24(16-20-12-14-23(15-13-20)36-18-21-8-4-2-5-9-21)29-26(32)25(17-31)30-28(34)37-19-22-10-6-3-7-11-22/h2-15,24-25,31H,16-19H2,1H3,(H,29,32)(H,30,34)/t24-,25-/m0/s1. The van der Waals surface area contributed by atoms with Crippen LogP contribution in [0.3, 0.4) is 0 Å². The van der Waals surface area contributed by atoms with Gasteiger partial charge >= 0.3 is 12.1 Å². The molecule has 0 aromatic heterocycles. The molecular weight excluding hydrogens is 476 g/mol. The number of hydrogen-bond donors (Lipinski definition) is 3. The lowest BCUT2D eigenvalue weighted by molar-refractivity contribution is -0.145. The van der Waals surface area contributed by atoms with E-state index in [1.807, 2.05) is 36.4 Å². The molecule has 0 saturated heterocycles. The number of esters is 1. The monoisotopic (exact) mass is 506 g/mol. The van der Waals surface area contributed by atoms with Crippen molar-refractivity contribution in [2.45, 2.75) is 31.7 Å². The largest absolute Gasteiger partial charge is 0.489 e. The van der Waals surface area contributed by atoms with Gasteiger partial charge in [0, 0.05) is 6.42 Å². The minimum absolute atomic E-state index is 0.00227. The number of benzene rings is 3. The van der Waals surface area contributed by atoms with Gasteiger partial charge in [-0.15, -0.1) is 0 Å². The maximum atomic E-state index is 12.7. The van der Waals surface area contributed by atoms with Gasteiger partial charge in [-0.05, 0) is 28.8 Å². The van der Waals surface area contributed by atoms with Crippen LogP contribution in [0.1, 0.15) is 16.7 Å². The zero-order valence-electron chi connectivity index (χ0n) is 20.5. The van der Waals surface area contributed by atoms with E-state index in [9.17, 15) is 19.5 Å². The summed E-state index contributed by atoms with van der Waals surface area (Å²) in [6, 6.07) is 23.5. The summed E-state index contributed by atoms with van der Waals surface area (Å²) in [4.78, 5) is 37.1. The molecule has 3 N–H and O–H groups in total. The van der Waals surface area contributed by atoms with Gasteiger partial charge in [-0.1, -0.05) is 72.8 Å². The summed E-state index contributed by atoms with van der Waals surface area (Å²) < 4.78 is 15.7. The molecule has 0 spiro atoms. The van der Waals surface area contributed by atoms with E-state index in [4.69, 9.17) is 14.2 Å². The van der Waals surface area contributed by atoms with E-state index in [1.54, 1.807) is 48.5 Å². The second-order valence-corrected chi connectivity index (χ2v) is 8.15. The topological polar surface area (TPSA) is 123 Å². The molecule has 0 unspecified atom stereocenters. The first-order valence-corrected chi connectivity index (χ1v) is 11.7. The van der Waals surface area contributed by atoms with Crippen molar-refractivity contribution in [2.24, 2.45) is 0 Å². The third-order valence-electron chi connectivity index (χ3n) is 5.42. The maximum Gasteiger partial charge on any atom is 0.408 e. The molecular formula is C28H30N2O7. The Morgan fingerprint density at radius 1 is 0.757 bits per heavy atom. The van der Waals surface area contributed by atoms with Crippen molar-refractivity contribution in [2.75, 3.05) is 13.7 Å². The van der Waals surface area contributed by atoms with Crippen molar-refractivity contribution in [3.63, 3.8) is 0 Å². The lowest BCUT2D eigenvalue weighted by Gasteiger charge is -2.21. The molecule has 0 fully saturated rings. The molecule has 3 aromatic rings. The van der Waals surface area contributed by atoms with E-state index >= 15 is 0 Å². The summed E-state index contributed by atoms with van der Waals surface area (Å²) in [5.74, 6) is -0.761. The fraction of sp³-hybridized carbons (Fsp3) is 0.250. The second kappa shape index (κ2) is 14.3. The van der Waals surface area contributed by atoms with Gasteiger partial charge in [-0.25, -0.2) is 9.59 Å². The Bertz CT molecular complexity index is 1140. The number of aliphatic hydroxyl groups excluding tert-OH is 1. The quantitative estimate of drug-likeness (QED) is 0.323. The highest BCUT2D eigenvalue weighted by Gasteiger charge is 2.27. The SMILES string of the molecule is COC(=O)[C@H](Cc1ccc(OCc2ccccc2)cc1)NC(=O)[C@H](CO)NC(=O)OCc1ccccc1. The van der Waals surface area contributed by atoms with Gasteiger partial charge in [0.25, 0.3) is 0 Å². The Balaban J connectivity index is 1.54. The van der Waals surface area contributed by atoms with E-state index in [0.29, 0.717) is 12.4 Å². The highest BCUT2D eigenvalue weighted by atomic mass is 16.5. The molecule has 37 heavy (non-hydrogen) atoms. The molecule has 2 amide bonds. The number of rotatable bonds is 12. The highest BCUT2D eigenvalue weighted by molar-refractivity contribution is 5.89. The first-order chi connectivity index (χ1) is 18.0. The number of ether oxygens (including phenoxy) is 3. The predicted octanol–water partition coefficient (Wildman–Crippen LogP) is 2.75. The van der Waals surface area contributed by atoms with Crippen molar-refractivity contribution in [1.82, 2.24) is 10.6 Å². The minimum Gasteiger partial charge on any atom is -0.489 e. The average Bonchev–Trinajstić information content (AvgIpc) is 2.94. The van der Waals surface area contributed by atoms with Crippen LogP contribution in [0, 0.1) is 0 Å². The highest BCUT2D eigenvalue weighted by Crippen LogP contribution is 2.16. The number of methoxy groups -OCH3 is 1. The molecule has 0 heterocycles. The summed E-state index contributed by atoms with van der Waals surface area (Å²) in [6.45, 7) is -0.264. The third-order valence-corrected chi connectivity index (χ3v) is 5.42. The van der Waals surface area contributed by atoms with Crippen molar-refractivity contribution in [3.8, 4) is 5.75 Å². The first kappa shape index (κ1) is 27.2. The molecule has 2 atom stereocenters. The zero-order chi connectivity index (χ0) is 26.5. The Morgan fingerprint density at radius 3 is 1.92 bits per heavy atom. The van der Waals surface area contributed by atoms with Gasteiger partial charge in [0.15, 0.2) is 0 Å². The normalized spacial score (nSPS) is 12.1. The maximum absolute atomic E-state index is 12.7. The lowest BCUT2D eigenvalue weighted by atomic mass is 10.1. The van der Waals surface area contributed by atoms with Crippen LogP contribution in [-0.4, -0.2) is 48.9 Å². The summed E-state index contributed by atoms with van der Waals surface area (Å²) in [6.07, 6.45) is -0.743. The fourth-order valence-electron chi connectivity index (χ4n) is 3.41. The Kier molecular flexibility index (Phi) is 10.5. The Hall–Kier alpha value is -4.37. The Morgan fingerprint density at radius 2 is 1.35 bits per heavy atom. The molecule has 3 rings (SSSR count). The molecule has 194 valence electrons. The van der Waals surface area contributed by atoms with Crippen LogP contribution in [0.15, 0.2) is 84.9 Å². The molecule has 0 radical (unpaired) electrons. The van der Waals surface area contributed by atoms with Crippen LogP contribution in [0.2, 0.25) is 0 Å². The number of alkyl carbamates (subject to hydrolysis) is 1. The molecule has 9 heteroatoms. The van der Waals surface area contributed by atoms with E-state index in [-0.39, 0.29) is 13.0 Å². The van der Waals surface area contributed by atoms with Gasteiger partial charge in [0.05, 0.1) is 13.7 Å². The molecule has 0 aliphatic rings. The molecule has 0 saturated carbocycles. The number of aliphatic hydroxyl groups is 1. The molecule has 0 aliphatic carbocycles. The van der Waals surface area contributed by atoms with Gasteiger partial charge in [0.2, 0.25) is 5.91 Å². The number of nitrogens with one attached hydrogen (secondary N) is 2. The zero-order valence-corrected chi connectivity index (χ0v) is 20.5. The second-order valence-electron chi connectivity index (χ2n) is 8.15. The Labute approximate surface area is 215 Å². The van der Waals surface area contributed by atoms with Gasteiger partial charge in [0.1, 0.15) is 31.0 Å². The third kappa shape index (κ3) is 8.97. The van der Waals surface area contributed by atoms with E-state index in [1.165, 1.54) is 7.11 Å². The minimum atomic E-state index is -1.32. The lowest BCUT2D eigenvalue weighted by Crippen LogP contribution is -2.54. The van der Waals surface area contributed by atoms with Crippen LogP contribution in [0.5, 0.6) is 5.75 Å². The molecule has 3 aromatic carbocycles. The van der Waals surface area contributed by atoms with Crippen molar-refractivity contribution in [1.29, 1.82) is 0 Å². The van der Waals surface area contributed by atoms with E-state index < -0.39 is 36.7 Å². The van der Waals surface area contributed by atoms with Crippen LogP contribution in [0.25, 0.3) is 0 Å². The van der Waals surface area contributed by atoms with Crippen LogP contribution in [0.4, 0.5) is 4.79 Å². The smallest absolute Gasteiger partial charge is 0.408 e. The van der Waals surface area contributed by atoms with E-state index in [0.717, 1.165) is 16.7 Å². The van der Waals surface area contributed by atoms with Crippen LogP contribution in [-0.2, 0) is 38.7 Å². The van der Waals surface area contributed by atoms with Gasteiger partial charge in [-0.3, -0.25) is 4.79 Å². The average molecular weight is 507 g/mol. The number of carbonyl (C=O) groups excluding carboxylic acids is 3. The van der Waals surface area contributed by atoms with Crippen LogP contribution < -0.4 is 15.4 Å². The summed E-state index contributed by atoms with van der Waals surface area (Å²) in [7, 11) is 1.21. The van der Waals surface area contributed by atoms with Gasteiger partial charge < -0.3 is 30.0 Å². The number of hydrogen-bond acceptors (Lipinski definition) is 7. The summed E-state index contributed by atoms with van der Waals surface area (Å²) in [5.41, 5.74) is 2.56. The number of carbonyl (C=O) groups is 3. The predicted molar refractivity (Wildman–Crippen MR) is 136 cm³/mol. The molecule has 0 bridgehead atoms. The van der Waals surface area contributed by atoms with Gasteiger partial charge in [-0.2, -0.15) is 0 Å². The molecule has 0 aliphatic heterocycles. The van der Waals surface area contributed by atoms with Crippen molar-refractivity contribution < 1.29 is 33.7 Å². The van der Waals surface area contributed by atoms with Crippen LogP contribution >= 0.6 is 0 Å². The fourth-order valence-corrected chi connectivity index (χ4v) is 3.41. The van der Waals surface area contributed by atoms with Crippen molar-refractivity contribution in [3.05, 3.63) is 102 Å². The summed E-state index contributed by atoms with van der Waals surface area (Å²) >= 11 is 0. The van der Waals surface area contributed by atoms with E-state index in [2.05, 4.69) is 10.6 Å². The van der Waals surface area contributed by atoms with Crippen molar-refractivity contribution >= 4 is 18.0 Å². The molecule has 9 nitrogen and oxygen atoms in total. The first-order valence-electron chi connectivity index (χ1n) is 11.7.